The highest BCUT2D eigenvalue weighted by Gasteiger charge is 2.31. The first-order valence-electron chi connectivity index (χ1n) is 4.45. The standard InChI is InChI=1S/C11H12O4/c1-6(2)4-5-8-7(3)9(10(12)13)11(14)15-8/h4-5H,1-3H3,(H,12,13)/b8-5-. The van der Waals surface area contributed by atoms with Gasteiger partial charge in [0.25, 0.3) is 0 Å². The van der Waals surface area contributed by atoms with Gasteiger partial charge in [0.05, 0.1) is 0 Å². The Morgan fingerprint density at radius 1 is 1.40 bits per heavy atom. The Labute approximate surface area is 87.5 Å². The lowest BCUT2D eigenvalue weighted by atomic mass is 10.1. The SMILES string of the molecule is CC(C)=C/C=C1\OC(=O)C(C(=O)O)=C1C. The van der Waals surface area contributed by atoms with Crippen LogP contribution in [0.4, 0.5) is 0 Å². The Morgan fingerprint density at radius 3 is 2.40 bits per heavy atom. The number of allylic oxidation sites excluding steroid dienone is 4. The minimum Gasteiger partial charge on any atom is -0.477 e. The van der Waals surface area contributed by atoms with Crippen molar-refractivity contribution in [2.45, 2.75) is 20.8 Å². The largest absolute Gasteiger partial charge is 0.477 e. The number of carboxylic acid groups (broad SMARTS) is 1. The van der Waals surface area contributed by atoms with Crippen LogP contribution in [0.25, 0.3) is 0 Å². The van der Waals surface area contributed by atoms with Crippen molar-refractivity contribution in [2.24, 2.45) is 0 Å². The van der Waals surface area contributed by atoms with Crippen LogP contribution in [0.2, 0.25) is 0 Å². The first-order valence-corrected chi connectivity index (χ1v) is 4.45. The Hall–Kier alpha value is -1.84. The molecule has 0 aliphatic carbocycles. The number of esters is 1. The number of hydrogen-bond donors (Lipinski definition) is 1. The van der Waals surface area contributed by atoms with Gasteiger partial charge in [-0.15, -0.1) is 0 Å². The van der Waals surface area contributed by atoms with E-state index >= 15 is 0 Å². The zero-order valence-corrected chi connectivity index (χ0v) is 8.83. The van der Waals surface area contributed by atoms with Crippen molar-refractivity contribution in [1.82, 2.24) is 0 Å². The van der Waals surface area contributed by atoms with Crippen LogP contribution >= 0.6 is 0 Å². The van der Waals surface area contributed by atoms with Gasteiger partial charge < -0.3 is 9.84 Å². The molecule has 1 aliphatic rings. The summed E-state index contributed by atoms with van der Waals surface area (Å²) in [5.74, 6) is -1.75. The summed E-state index contributed by atoms with van der Waals surface area (Å²) in [6.07, 6.45) is 3.36. The number of carbonyl (C=O) groups excluding carboxylic acids is 1. The second-order valence-electron chi connectivity index (χ2n) is 3.47. The zero-order chi connectivity index (χ0) is 11.6. The van der Waals surface area contributed by atoms with Crippen molar-refractivity contribution in [3.63, 3.8) is 0 Å². The molecule has 0 spiro atoms. The van der Waals surface area contributed by atoms with Gasteiger partial charge in [0.1, 0.15) is 5.76 Å². The average molecular weight is 208 g/mol. The number of hydrogen-bond acceptors (Lipinski definition) is 3. The topological polar surface area (TPSA) is 63.6 Å². The van der Waals surface area contributed by atoms with E-state index in [1.165, 1.54) is 0 Å². The molecular formula is C11H12O4. The number of carboxylic acids is 1. The van der Waals surface area contributed by atoms with Crippen molar-refractivity contribution in [1.29, 1.82) is 0 Å². The van der Waals surface area contributed by atoms with Gasteiger partial charge in [-0.1, -0.05) is 11.6 Å². The molecule has 0 radical (unpaired) electrons. The number of carbonyl (C=O) groups is 2. The van der Waals surface area contributed by atoms with E-state index < -0.39 is 11.9 Å². The van der Waals surface area contributed by atoms with Gasteiger partial charge in [-0.25, -0.2) is 9.59 Å². The number of cyclic esters (lactones) is 1. The molecule has 0 aromatic heterocycles. The molecule has 1 aliphatic heterocycles. The van der Waals surface area contributed by atoms with E-state index in [9.17, 15) is 9.59 Å². The lowest BCUT2D eigenvalue weighted by Gasteiger charge is -1.95. The van der Waals surface area contributed by atoms with Crippen LogP contribution in [0, 0.1) is 0 Å². The van der Waals surface area contributed by atoms with Gasteiger partial charge in [-0.05, 0) is 26.8 Å². The molecule has 0 atom stereocenters. The van der Waals surface area contributed by atoms with Gasteiger partial charge in [-0.3, -0.25) is 0 Å². The van der Waals surface area contributed by atoms with Crippen molar-refractivity contribution in [2.75, 3.05) is 0 Å². The van der Waals surface area contributed by atoms with E-state index in [0.29, 0.717) is 11.3 Å². The van der Waals surface area contributed by atoms with E-state index in [1.54, 1.807) is 19.1 Å². The number of ether oxygens (including phenoxy) is 1. The van der Waals surface area contributed by atoms with Crippen LogP contribution in [0.5, 0.6) is 0 Å². The van der Waals surface area contributed by atoms with Crippen LogP contribution in [0.15, 0.2) is 34.6 Å². The van der Waals surface area contributed by atoms with Crippen molar-refractivity contribution >= 4 is 11.9 Å². The molecule has 1 rings (SSSR count). The quantitative estimate of drug-likeness (QED) is 0.555. The van der Waals surface area contributed by atoms with Crippen LogP contribution in [0.3, 0.4) is 0 Å². The molecule has 1 heterocycles. The molecule has 4 heteroatoms. The maximum atomic E-state index is 11.2. The Balaban J connectivity index is 3.11. The highest BCUT2D eigenvalue weighted by atomic mass is 16.5. The van der Waals surface area contributed by atoms with E-state index in [1.807, 2.05) is 13.8 Å². The molecular weight excluding hydrogens is 196 g/mol. The molecule has 1 N–H and O–H groups in total. The number of rotatable bonds is 2. The monoisotopic (exact) mass is 208 g/mol. The molecule has 0 bridgehead atoms. The molecule has 80 valence electrons. The summed E-state index contributed by atoms with van der Waals surface area (Å²) < 4.78 is 4.82. The fraction of sp³-hybridized carbons (Fsp3) is 0.273. The minimum absolute atomic E-state index is 0.289. The predicted molar refractivity (Wildman–Crippen MR) is 53.9 cm³/mol. The molecule has 0 aromatic carbocycles. The molecule has 0 unspecified atom stereocenters. The maximum Gasteiger partial charge on any atom is 0.351 e. The summed E-state index contributed by atoms with van der Waals surface area (Å²) in [7, 11) is 0. The summed E-state index contributed by atoms with van der Waals surface area (Å²) in [6, 6.07) is 0. The number of aliphatic carboxylic acids is 1. The first kappa shape index (κ1) is 11.2. The van der Waals surface area contributed by atoms with Crippen molar-refractivity contribution in [3.8, 4) is 0 Å². The lowest BCUT2D eigenvalue weighted by molar-refractivity contribution is -0.139. The van der Waals surface area contributed by atoms with Gasteiger partial charge in [0.2, 0.25) is 0 Å². The molecule has 0 saturated carbocycles. The van der Waals surface area contributed by atoms with Crippen molar-refractivity contribution < 1.29 is 19.4 Å². The van der Waals surface area contributed by atoms with Crippen molar-refractivity contribution in [3.05, 3.63) is 34.6 Å². The third-order valence-corrected chi connectivity index (χ3v) is 1.93. The van der Waals surface area contributed by atoms with Crippen LogP contribution in [0.1, 0.15) is 20.8 Å². The molecule has 0 amide bonds. The second kappa shape index (κ2) is 4.13. The smallest absolute Gasteiger partial charge is 0.351 e. The van der Waals surface area contributed by atoms with Crippen LogP contribution < -0.4 is 0 Å². The summed E-state index contributed by atoms with van der Waals surface area (Å²) in [5.41, 5.74) is 1.11. The highest BCUT2D eigenvalue weighted by Crippen LogP contribution is 2.25. The summed E-state index contributed by atoms with van der Waals surface area (Å²) >= 11 is 0. The predicted octanol–water partition coefficient (Wildman–Crippen LogP) is 1.79. The van der Waals surface area contributed by atoms with E-state index in [-0.39, 0.29) is 5.57 Å². The summed E-state index contributed by atoms with van der Waals surface area (Å²) in [6.45, 7) is 5.34. The van der Waals surface area contributed by atoms with Crippen LogP contribution in [-0.4, -0.2) is 17.0 Å². The molecule has 4 nitrogen and oxygen atoms in total. The molecule has 0 fully saturated rings. The molecule has 0 saturated heterocycles. The lowest BCUT2D eigenvalue weighted by Crippen LogP contribution is -2.09. The van der Waals surface area contributed by atoms with E-state index in [4.69, 9.17) is 9.84 Å². The normalized spacial score (nSPS) is 18.1. The van der Waals surface area contributed by atoms with Gasteiger partial charge in [-0.2, -0.15) is 0 Å². The minimum atomic E-state index is -1.25. The highest BCUT2D eigenvalue weighted by molar-refractivity contribution is 6.16. The zero-order valence-electron chi connectivity index (χ0n) is 8.83. The Bertz CT molecular complexity index is 406. The van der Waals surface area contributed by atoms with Crippen LogP contribution in [-0.2, 0) is 14.3 Å². The maximum absolute atomic E-state index is 11.2. The van der Waals surface area contributed by atoms with Gasteiger partial charge in [0.15, 0.2) is 5.57 Å². The Kier molecular flexibility index (Phi) is 3.09. The fourth-order valence-electron chi connectivity index (χ4n) is 1.15. The van der Waals surface area contributed by atoms with E-state index in [2.05, 4.69) is 0 Å². The molecule has 15 heavy (non-hydrogen) atoms. The van der Waals surface area contributed by atoms with E-state index in [0.717, 1.165) is 5.57 Å². The summed E-state index contributed by atoms with van der Waals surface area (Å²) in [4.78, 5) is 21.9. The van der Waals surface area contributed by atoms with Gasteiger partial charge in [0, 0.05) is 5.57 Å². The fourth-order valence-corrected chi connectivity index (χ4v) is 1.15. The Morgan fingerprint density at radius 2 is 2.00 bits per heavy atom. The average Bonchev–Trinajstić information content (AvgIpc) is 2.37. The summed E-state index contributed by atoms with van der Waals surface area (Å²) in [5, 5.41) is 8.75. The first-order chi connectivity index (χ1) is 6.93. The third-order valence-electron chi connectivity index (χ3n) is 1.93. The van der Waals surface area contributed by atoms with Gasteiger partial charge >= 0.3 is 11.9 Å². The molecule has 0 aromatic rings. The third kappa shape index (κ3) is 2.34. The second-order valence-corrected chi connectivity index (χ2v) is 3.47.